The Kier molecular flexibility index (Phi) is 3.95. The molecule has 0 bridgehead atoms. The quantitative estimate of drug-likeness (QED) is 0.741. The van der Waals surface area contributed by atoms with Crippen LogP contribution in [0.4, 0.5) is 0 Å². The van der Waals surface area contributed by atoms with Crippen LogP contribution in [0.1, 0.15) is 26.5 Å². The van der Waals surface area contributed by atoms with Crippen LogP contribution in [0.25, 0.3) is 12.2 Å². The first-order valence-corrected chi connectivity index (χ1v) is 7.46. The molecule has 0 atom stereocenters. The summed E-state index contributed by atoms with van der Waals surface area (Å²) in [6.45, 7) is 0. The highest BCUT2D eigenvalue weighted by Gasteiger charge is 2.09. The van der Waals surface area contributed by atoms with Gasteiger partial charge in [-0.3, -0.25) is 4.79 Å². The van der Waals surface area contributed by atoms with E-state index in [-0.39, 0.29) is 5.91 Å². The third-order valence-electron chi connectivity index (χ3n) is 3.04. The lowest BCUT2D eigenvalue weighted by atomic mass is 10.1. The molecule has 106 valence electrons. The predicted octanol–water partition coefficient (Wildman–Crippen LogP) is 3.68. The number of aromatic nitrogens is 2. The number of carbonyl (C=O) groups excluding carboxylic acids is 1. The van der Waals surface area contributed by atoms with Crippen molar-refractivity contribution < 1.29 is 4.79 Å². The Labute approximate surface area is 131 Å². The fourth-order valence-electron chi connectivity index (χ4n) is 1.91. The van der Waals surface area contributed by atoms with Gasteiger partial charge in [0.1, 0.15) is 0 Å². The Morgan fingerprint density at radius 3 is 2.68 bits per heavy atom. The summed E-state index contributed by atoms with van der Waals surface area (Å²) < 4.78 is 1.30. The molecular formula is C17H11N3OS. The van der Waals surface area contributed by atoms with Crippen molar-refractivity contribution in [1.29, 1.82) is 5.26 Å². The van der Waals surface area contributed by atoms with E-state index in [0.717, 1.165) is 10.6 Å². The second-order valence-corrected chi connectivity index (χ2v) is 5.51. The predicted molar refractivity (Wildman–Crippen MR) is 86.4 cm³/mol. The van der Waals surface area contributed by atoms with Crippen molar-refractivity contribution in [2.45, 2.75) is 0 Å². The van der Waals surface area contributed by atoms with Crippen LogP contribution in [0.2, 0.25) is 0 Å². The number of thiophene rings is 1. The smallest absolute Gasteiger partial charge is 0.267 e. The first-order chi connectivity index (χ1) is 10.8. The van der Waals surface area contributed by atoms with Crippen LogP contribution in [0, 0.1) is 11.3 Å². The highest BCUT2D eigenvalue weighted by molar-refractivity contribution is 7.10. The number of benzene rings is 1. The standard InChI is InChI=1S/C17H11N3OS/c18-12-13-3-5-14(6-4-13)17(21)20-10-9-15(19-20)7-8-16-2-1-11-22-16/h1-11H/b8-7+. The molecular weight excluding hydrogens is 294 g/mol. The molecule has 4 nitrogen and oxygen atoms in total. The van der Waals surface area contributed by atoms with Crippen molar-refractivity contribution in [3.63, 3.8) is 0 Å². The van der Waals surface area contributed by atoms with E-state index >= 15 is 0 Å². The molecule has 0 unspecified atom stereocenters. The fraction of sp³-hybridized carbons (Fsp3) is 0. The maximum Gasteiger partial charge on any atom is 0.278 e. The van der Waals surface area contributed by atoms with Crippen LogP contribution in [0.15, 0.2) is 54.0 Å². The third-order valence-corrected chi connectivity index (χ3v) is 3.88. The Hall–Kier alpha value is -2.97. The lowest BCUT2D eigenvalue weighted by molar-refractivity contribution is 0.0945. The zero-order valence-electron chi connectivity index (χ0n) is 11.5. The van der Waals surface area contributed by atoms with E-state index in [4.69, 9.17) is 5.26 Å². The van der Waals surface area contributed by atoms with Crippen molar-refractivity contribution in [1.82, 2.24) is 9.78 Å². The molecule has 0 fully saturated rings. The van der Waals surface area contributed by atoms with Gasteiger partial charge in [-0.05, 0) is 53.9 Å². The molecule has 0 saturated carbocycles. The Bertz CT molecular complexity index is 852. The average Bonchev–Trinajstić information content (AvgIpc) is 3.24. The van der Waals surface area contributed by atoms with Crippen molar-refractivity contribution in [2.75, 3.05) is 0 Å². The third kappa shape index (κ3) is 3.03. The van der Waals surface area contributed by atoms with Crippen molar-refractivity contribution in [3.05, 3.63) is 75.7 Å². The van der Waals surface area contributed by atoms with Gasteiger partial charge in [0.05, 0.1) is 17.3 Å². The van der Waals surface area contributed by atoms with Crippen LogP contribution < -0.4 is 0 Å². The van der Waals surface area contributed by atoms with Gasteiger partial charge in [0.15, 0.2) is 0 Å². The molecule has 2 aromatic heterocycles. The van der Waals surface area contributed by atoms with Gasteiger partial charge in [-0.2, -0.15) is 10.4 Å². The molecule has 0 amide bonds. The van der Waals surface area contributed by atoms with E-state index < -0.39 is 0 Å². The van der Waals surface area contributed by atoms with Crippen LogP contribution in [-0.4, -0.2) is 15.7 Å². The molecule has 2 heterocycles. The summed E-state index contributed by atoms with van der Waals surface area (Å²) in [5, 5.41) is 15.0. The van der Waals surface area contributed by atoms with Gasteiger partial charge in [-0.25, -0.2) is 4.68 Å². The van der Waals surface area contributed by atoms with Gasteiger partial charge < -0.3 is 0 Å². The van der Waals surface area contributed by atoms with E-state index in [1.807, 2.05) is 35.7 Å². The van der Waals surface area contributed by atoms with Crippen LogP contribution in [-0.2, 0) is 0 Å². The molecule has 0 spiro atoms. The summed E-state index contributed by atoms with van der Waals surface area (Å²) in [5.41, 5.74) is 1.74. The molecule has 0 radical (unpaired) electrons. The largest absolute Gasteiger partial charge is 0.278 e. The van der Waals surface area contributed by atoms with Gasteiger partial charge >= 0.3 is 0 Å². The number of hydrogen-bond acceptors (Lipinski definition) is 4. The molecule has 0 N–H and O–H groups in total. The minimum absolute atomic E-state index is 0.222. The van der Waals surface area contributed by atoms with Crippen LogP contribution in [0.3, 0.4) is 0 Å². The lowest BCUT2D eigenvalue weighted by Crippen LogP contribution is -2.12. The first-order valence-electron chi connectivity index (χ1n) is 6.58. The summed E-state index contributed by atoms with van der Waals surface area (Å²) >= 11 is 1.64. The topological polar surface area (TPSA) is 58.7 Å². The number of hydrogen-bond donors (Lipinski definition) is 0. The first kappa shape index (κ1) is 14.0. The Balaban J connectivity index is 1.78. The summed E-state index contributed by atoms with van der Waals surface area (Å²) in [7, 11) is 0. The molecule has 0 aliphatic carbocycles. The molecule has 3 rings (SSSR count). The average molecular weight is 305 g/mol. The van der Waals surface area contributed by atoms with Crippen LogP contribution >= 0.6 is 11.3 Å². The zero-order valence-corrected chi connectivity index (χ0v) is 12.3. The molecule has 22 heavy (non-hydrogen) atoms. The number of nitriles is 1. The Morgan fingerprint density at radius 1 is 1.18 bits per heavy atom. The normalized spacial score (nSPS) is 10.7. The number of carbonyl (C=O) groups is 1. The van der Waals surface area contributed by atoms with Crippen molar-refractivity contribution in [3.8, 4) is 6.07 Å². The maximum absolute atomic E-state index is 12.3. The van der Waals surface area contributed by atoms with E-state index in [1.54, 1.807) is 47.9 Å². The molecule has 1 aromatic carbocycles. The summed E-state index contributed by atoms with van der Waals surface area (Å²) in [6, 6.07) is 14.3. The second-order valence-electron chi connectivity index (χ2n) is 4.53. The van der Waals surface area contributed by atoms with E-state index in [1.165, 1.54) is 4.68 Å². The van der Waals surface area contributed by atoms with E-state index in [0.29, 0.717) is 11.1 Å². The Morgan fingerprint density at radius 2 is 2.00 bits per heavy atom. The number of nitrogens with zero attached hydrogens (tertiary/aromatic N) is 3. The van der Waals surface area contributed by atoms with E-state index in [9.17, 15) is 4.79 Å². The van der Waals surface area contributed by atoms with Crippen molar-refractivity contribution >= 4 is 29.4 Å². The highest BCUT2D eigenvalue weighted by Crippen LogP contribution is 2.13. The minimum atomic E-state index is -0.222. The van der Waals surface area contributed by atoms with Gasteiger partial charge in [-0.15, -0.1) is 11.3 Å². The van der Waals surface area contributed by atoms with Gasteiger partial charge in [0.25, 0.3) is 5.91 Å². The van der Waals surface area contributed by atoms with Gasteiger partial charge in [-0.1, -0.05) is 6.07 Å². The zero-order chi connectivity index (χ0) is 15.4. The number of rotatable bonds is 3. The van der Waals surface area contributed by atoms with Crippen LogP contribution in [0.5, 0.6) is 0 Å². The maximum atomic E-state index is 12.3. The SMILES string of the molecule is N#Cc1ccc(C(=O)n2ccc(/C=C/c3cccs3)n2)cc1. The highest BCUT2D eigenvalue weighted by atomic mass is 32.1. The summed E-state index contributed by atoms with van der Waals surface area (Å²) in [5.74, 6) is -0.222. The second kappa shape index (κ2) is 6.20. The molecule has 0 aliphatic heterocycles. The minimum Gasteiger partial charge on any atom is -0.267 e. The summed E-state index contributed by atoms with van der Waals surface area (Å²) in [4.78, 5) is 13.4. The molecule has 0 saturated heterocycles. The molecule has 5 heteroatoms. The summed E-state index contributed by atoms with van der Waals surface area (Å²) in [6.07, 6.45) is 5.46. The molecule has 0 aliphatic rings. The van der Waals surface area contributed by atoms with Gasteiger partial charge in [0, 0.05) is 16.6 Å². The lowest BCUT2D eigenvalue weighted by Gasteiger charge is -2.00. The van der Waals surface area contributed by atoms with Crippen molar-refractivity contribution in [2.24, 2.45) is 0 Å². The fourth-order valence-corrected chi connectivity index (χ4v) is 2.53. The monoisotopic (exact) mass is 305 g/mol. The van der Waals surface area contributed by atoms with Gasteiger partial charge in [0.2, 0.25) is 0 Å². The molecule has 3 aromatic rings. The van der Waals surface area contributed by atoms with E-state index in [2.05, 4.69) is 5.10 Å².